The topological polar surface area (TPSA) is 123 Å². The third-order valence-electron chi connectivity index (χ3n) is 4.26. The van der Waals surface area contributed by atoms with Crippen molar-refractivity contribution in [2.75, 3.05) is 36.9 Å². The SMILES string of the molecule is COCCNc1cc(C(=O)NC(C)(C)COc2cccc3c2C(N)=NSN3)ccn1. The quantitative estimate of drug-likeness (QED) is 0.353. The van der Waals surface area contributed by atoms with Crippen molar-refractivity contribution in [3.63, 3.8) is 0 Å². The van der Waals surface area contributed by atoms with E-state index in [1.807, 2.05) is 32.0 Å². The number of carbonyl (C=O) groups is 1. The Bertz CT molecular complexity index is 935. The zero-order valence-electron chi connectivity index (χ0n) is 17.2. The summed E-state index contributed by atoms with van der Waals surface area (Å²) in [4.78, 5) is 17.0. The summed E-state index contributed by atoms with van der Waals surface area (Å²) in [6.45, 7) is 5.19. The minimum Gasteiger partial charge on any atom is -0.490 e. The average molecular weight is 431 g/mol. The van der Waals surface area contributed by atoms with Crippen LogP contribution in [-0.4, -0.2) is 49.1 Å². The highest BCUT2D eigenvalue weighted by Crippen LogP contribution is 2.32. The lowest BCUT2D eigenvalue weighted by Gasteiger charge is -2.27. The maximum atomic E-state index is 12.7. The van der Waals surface area contributed by atoms with E-state index in [1.54, 1.807) is 25.4 Å². The van der Waals surface area contributed by atoms with Crippen LogP contribution in [0.15, 0.2) is 40.9 Å². The molecule has 0 saturated heterocycles. The molecule has 9 nitrogen and oxygen atoms in total. The Kier molecular flexibility index (Phi) is 7.01. The first-order valence-electron chi connectivity index (χ1n) is 9.43. The Morgan fingerprint density at radius 3 is 2.97 bits per heavy atom. The van der Waals surface area contributed by atoms with Crippen molar-refractivity contribution in [3.05, 3.63) is 47.7 Å². The molecule has 0 radical (unpaired) electrons. The minimum absolute atomic E-state index is 0.213. The van der Waals surface area contributed by atoms with E-state index < -0.39 is 5.54 Å². The Morgan fingerprint density at radius 1 is 1.33 bits per heavy atom. The number of hydrogen-bond donors (Lipinski definition) is 4. The van der Waals surface area contributed by atoms with Gasteiger partial charge in [-0.05, 0) is 38.1 Å². The highest BCUT2D eigenvalue weighted by atomic mass is 32.2. The molecule has 0 spiro atoms. The third-order valence-corrected chi connectivity index (χ3v) is 4.86. The van der Waals surface area contributed by atoms with Gasteiger partial charge >= 0.3 is 0 Å². The van der Waals surface area contributed by atoms with Crippen molar-refractivity contribution in [3.8, 4) is 5.75 Å². The second kappa shape index (κ2) is 9.68. The fourth-order valence-electron chi connectivity index (χ4n) is 2.79. The standard InChI is InChI=1S/C20H26N6O3S/c1-20(2,12-29-15-6-4-5-14-17(15)18(21)26-30-25-14)24-19(27)13-7-8-22-16(11-13)23-9-10-28-3/h4-8,11,25H,9-10,12H2,1-3H3,(H2,21,26)(H,22,23)(H,24,27). The van der Waals surface area contributed by atoms with E-state index in [-0.39, 0.29) is 12.5 Å². The summed E-state index contributed by atoms with van der Waals surface area (Å²) < 4.78 is 18.2. The molecule has 0 fully saturated rings. The molecule has 0 saturated carbocycles. The van der Waals surface area contributed by atoms with Crippen molar-refractivity contribution in [1.29, 1.82) is 0 Å². The van der Waals surface area contributed by atoms with E-state index in [2.05, 4.69) is 24.7 Å². The van der Waals surface area contributed by atoms with Gasteiger partial charge in [-0.25, -0.2) is 4.98 Å². The van der Waals surface area contributed by atoms with E-state index in [1.165, 1.54) is 12.1 Å². The van der Waals surface area contributed by atoms with Gasteiger partial charge in [0.05, 0.1) is 35.5 Å². The van der Waals surface area contributed by atoms with Crippen LogP contribution in [-0.2, 0) is 4.74 Å². The number of amides is 1. The number of carbonyl (C=O) groups excluding carboxylic acids is 1. The number of rotatable bonds is 9. The van der Waals surface area contributed by atoms with Gasteiger partial charge in [0.25, 0.3) is 5.91 Å². The van der Waals surface area contributed by atoms with Crippen LogP contribution < -0.4 is 25.8 Å². The molecular formula is C20H26N6O3S. The first kappa shape index (κ1) is 21.7. The summed E-state index contributed by atoms with van der Waals surface area (Å²) in [5.74, 6) is 1.41. The molecule has 5 N–H and O–H groups in total. The van der Waals surface area contributed by atoms with Gasteiger partial charge in [0.15, 0.2) is 0 Å². The van der Waals surface area contributed by atoms with Crippen LogP contribution in [0, 0.1) is 0 Å². The van der Waals surface area contributed by atoms with E-state index in [9.17, 15) is 4.79 Å². The summed E-state index contributed by atoms with van der Waals surface area (Å²) in [5, 5.41) is 6.12. The second-order valence-electron chi connectivity index (χ2n) is 7.32. The van der Waals surface area contributed by atoms with Crippen LogP contribution in [0.25, 0.3) is 0 Å². The lowest BCUT2D eigenvalue weighted by molar-refractivity contribution is 0.0880. The van der Waals surface area contributed by atoms with Gasteiger partial charge in [-0.3, -0.25) is 4.79 Å². The number of benzene rings is 1. The predicted molar refractivity (Wildman–Crippen MR) is 120 cm³/mol. The van der Waals surface area contributed by atoms with Gasteiger partial charge in [0.2, 0.25) is 0 Å². The number of amidine groups is 1. The number of pyridine rings is 1. The molecule has 10 heteroatoms. The monoisotopic (exact) mass is 430 g/mol. The van der Waals surface area contributed by atoms with Gasteiger partial charge in [0, 0.05) is 25.4 Å². The molecule has 0 atom stereocenters. The number of methoxy groups -OCH3 is 1. The molecule has 0 aliphatic carbocycles. The molecule has 3 rings (SSSR count). The largest absolute Gasteiger partial charge is 0.490 e. The molecular weight excluding hydrogens is 404 g/mol. The number of anilines is 2. The maximum absolute atomic E-state index is 12.7. The van der Waals surface area contributed by atoms with Crippen molar-refractivity contribution in [1.82, 2.24) is 10.3 Å². The van der Waals surface area contributed by atoms with Gasteiger partial charge in [0.1, 0.15) is 24.0 Å². The molecule has 2 heterocycles. The molecule has 1 aromatic heterocycles. The van der Waals surface area contributed by atoms with Crippen LogP contribution in [0.4, 0.5) is 11.5 Å². The van der Waals surface area contributed by atoms with E-state index in [0.29, 0.717) is 36.1 Å². The Hall–Kier alpha value is -2.98. The smallest absolute Gasteiger partial charge is 0.252 e. The van der Waals surface area contributed by atoms with Crippen molar-refractivity contribution < 1.29 is 14.3 Å². The molecule has 0 bridgehead atoms. The first-order valence-corrected chi connectivity index (χ1v) is 10.2. The molecule has 2 aromatic rings. The van der Waals surface area contributed by atoms with E-state index in [4.69, 9.17) is 15.2 Å². The molecule has 1 aromatic carbocycles. The molecule has 30 heavy (non-hydrogen) atoms. The Balaban J connectivity index is 1.63. The van der Waals surface area contributed by atoms with E-state index in [0.717, 1.165) is 11.3 Å². The van der Waals surface area contributed by atoms with Crippen LogP contribution >= 0.6 is 12.1 Å². The highest BCUT2D eigenvalue weighted by Gasteiger charge is 2.24. The lowest BCUT2D eigenvalue weighted by atomic mass is 10.1. The highest BCUT2D eigenvalue weighted by molar-refractivity contribution is 7.99. The van der Waals surface area contributed by atoms with Gasteiger partial charge < -0.3 is 30.6 Å². The minimum atomic E-state index is -0.629. The maximum Gasteiger partial charge on any atom is 0.252 e. The summed E-state index contributed by atoms with van der Waals surface area (Å²) in [7, 11) is 1.63. The average Bonchev–Trinajstić information content (AvgIpc) is 2.72. The fourth-order valence-corrected chi connectivity index (χ4v) is 3.29. The molecule has 0 unspecified atom stereocenters. The third kappa shape index (κ3) is 5.55. The molecule has 1 amide bonds. The first-order chi connectivity index (χ1) is 14.4. The summed E-state index contributed by atoms with van der Waals surface area (Å²) in [6.07, 6.45) is 1.59. The zero-order chi connectivity index (χ0) is 21.6. The van der Waals surface area contributed by atoms with Gasteiger partial charge in [-0.2, -0.15) is 4.40 Å². The van der Waals surface area contributed by atoms with Crippen LogP contribution in [0.1, 0.15) is 29.8 Å². The summed E-state index contributed by atoms with van der Waals surface area (Å²) in [6, 6.07) is 8.99. The van der Waals surface area contributed by atoms with E-state index >= 15 is 0 Å². The number of aromatic nitrogens is 1. The van der Waals surface area contributed by atoms with Gasteiger partial charge in [-0.1, -0.05) is 6.07 Å². The van der Waals surface area contributed by atoms with Crippen LogP contribution in [0.5, 0.6) is 5.75 Å². The number of hydrogen-bond acceptors (Lipinski definition) is 9. The van der Waals surface area contributed by atoms with Crippen molar-refractivity contribution in [2.24, 2.45) is 10.1 Å². The molecule has 1 aliphatic rings. The Morgan fingerprint density at radius 2 is 2.17 bits per heavy atom. The Labute approximate surface area is 180 Å². The summed E-state index contributed by atoms with van der Waals surface area (Å²) in [5.41, 5.74) is 7.46. The normalized spacial score (nSPS) is 13.0. The number of fused-ring (bicyclic) bond motifs is 1. The van der Waals surface area contributed by atoms with Crippen LogP contribution in [0.3, 0.4) is 0 Å². The molecule has 160 valence electrons. The van der Waals surface area contributed by atoms with Gasteiger partial charge in [-0.15, -0.1) is 0 Å². The van der Waals surface area contributed by atoms with Crippen LogP contribution in [0.2, 0.25) is 0 Å². The lowest BCUT2D eigenvalue weighted by Crippen LogP contribution is -2.48. The molecule has 1 aliphatic heterocycles. The number of nitrogens with zero attached hydrogens (tertiary/aromatic N) is 2. The zero-order valence-corrected chi connectivity index (χ0v) is 18.0. The predicted octanol–water partition coefficient (Wildman–Crippen LogP) is 2.42. The van der Waals surface area contributed by atoms with Crippen molar-refractivity contribution >= 4 is 35.4 Å². The number of nitrogens with one attached hydrogen (secondary N) is 3. The fraction of sp³-hybridized carbons (Fsp3) is 0.350. The summed E-state index contributed by atoms with van der Waals surface area (Å²) >= 11 is 1.17. The van der Waals surface area contributed by atoms with Crippen molar-refractivity contribution in [2.45, 2.75) is 19.4 Å². The number of ether oxygens (including phenoxy) is 2. The second-order valence-corrected chi connectivity index (χ2v) is 7.89. The number of nitrogens with two attached hydrogens (primary N) is 1.